The van der Waals surface area contributed by atoms with Crippen LogP contribution in [0.15, 0.2) is 35.4 Å². The standard InChI is InChI=1S/C10H12N6/c1-8(9-5-3-2-4-6-9)7-11-12-10-13-15-16-14-10/h2-8H,1H3,(H2,12,13,14,15,16)/b11-7-/t8-/m1/s1. The van der Waals surface area contributed by atoms with Gasteiger partial charge in [0.05, 0.1) is 0 Å². The Labute approximate surface area is 92.8 Å². The summed E-state index contributed by atoms with van der Waals surface area (Å²) >= 11 is 0. The van der Waals surface area contributed by atoms with Crippen molar-refractivity contribution in [2.24, 2.45) is 5.10 Å². The quantitative estimate of drug-likeness (QED) is 0.598. The molecule has 2 rings (SSSR count). The van der Waals surface area contributed by atoms with Gasteiger partial charge in [0.15, 0.2) is 0 Å². The van der Waals surface area contributed by atoms with Gasteiger partial charge in [-0.2, -0.15) is 10.3 Å². The number of hydrazone groups is 1. The number of nitrogens with zero attached hydrogens (tertiary/aromatic N) is 4. The van der Waals surface area contributed by atoms with E-state index >= 15 is 0 Å². The molecular weight excluding hydrogens is 204 g/mol. The first-order chi connectivity index (χ1) is 7.86. The Morgan fingerprint density at radius 2 is 2.19 bits per heavy atom. The molecule has 16 heavy (non-hydrogen) atoms. The molecule has 0 fully saturated rings. The lowest BCUT2D eigenvalue weighted by Crippen LogP contribution is -1.98. The van der Waals surface area contributed by atoms with Crippen molar-refractivity contribution in [1.29, 1.82) is 0 Å². The molecule has 0 aliphatic heterocycles. The largest absolute Gasteiger partial charge is 0.283 e. The summed E-state index contributed by atoms with van der Waals surface area (Å²) in [6.07, 6.45) is 1.80. The molecule has 0 amide bonds. The van der Waals surface area contributed by atoms with E-state index in [0.29, 0.717) is 5.95 Å². The van der Waals surface area contributed by atoms with Crippen LogP contribution >= 0.6 is 0 Å². The molecule has 1 aromatic heterocycles. The highest BCUT2D eigenvalue weighted by atomic mass is 15.5. The van der Waals surface area contributed by atoms with Gasteiger partial charge in [0.1, 0.15) is 0 Å². The summed E-state index contributed by atoms with van der Waals surface area (Å²) in [5.74, 6) is 0.595. The van der Waals surface area contributed by atoms with Gasteiger partial charge in [-0.15, -0.1) is 5.10 Å². The molecule has 6 heteroatoms. The van der Waals surface area contributed by atoms with Crippen molar-refractivity contribution in [1.82, 2.24) is 20.6 Å². The molecule has 0 aliphatic rings. The summed E-state index contributed by atoms with van der Waals surface area (Å²) in [5.41, 5.74) is 3.89. The maximum absolute atomic E-state index is 4.03. The molecule has 82 valence electrons. The molecule has 0 bridgehead atoms. The van der Waals surface area contributed by atoms with Crippen LogP contribution in [-0.4, -0.2) is 26.8 Å². The summed E-state index contributed by atoms with van der Waals surface area (Å²) in [6, 6.07) is 10.1. The topological polar surface area (TPSA) is 78.9 Å². The van der Waals surface area contributed by atoms with Crippen LogP contribution in [0.4, 0.5) is 5.95 Å². The maximum atomic E-state index is 4.03. The van der Waals surface area contributed by atoms with Crippen LogP contribution < -0.4 is 5.43 Å². The highest BCUT2D eigenvalue weighted by Crippen LogP contribution is 2.11. The fourth-order valence-electron chi connectivity index (χ4n) is 1.26. The zero-order valence-corrected chi connectivity index (χ0v) is 8.83. The van der Waals surface area contributed by atoms with Crippen LogP contribution in [0.1, 0.15) is 18.4 Å². The van der Waals surface area contributed by atoms with Crippen molar-refractivity contribution in [2.75, 3.05) is 5.43 Å². The van der Waals surface area contributed by atoms with Crippen LogP contribution in [0.5, 0.6) is 0 Å². The number of anilines is 1. The zero-order valence-electron chi connectivity index (χ0n) is 8.83. The van der Waals surface area contributed by atoms with Crippen LogP contribution in [0.2, 0.25) is 0 Å². The van der Waals surface area contributed by atoms with Gasteiger partial charge in [0, 0.05) is 12.1 Å². The molecule has 2 aromatic rings. The van der Waals surface area contributed by atoms with E-state index in [2.05, 4.69) is 50.2 Å². The number of aromatic amines is 1. The Kier molecular flexibility index (Phi) is 3.22. The third kappa shape index (κ3) is 2.63. The van der Waals surface area contributed by atoms with E-state index in [-0.39, 0.29) is 5.92 Å². The van der Waals surface area contributed by atoms with Crippen LogP contribution in [0, 0.1) is 0 Å². The molecule has 0 saturated heterocycles. The van der Waals surface area contributed by atoms with Crippen molar-refractivity contribution in [3.05, 3.63) is 35.9 Å². The summed E-state index contributed by atoms with van der Waals surface area (Å²) in [4.78, 5) is 0. The van der Waals surface area contributed by atoms with E-state index in [4.69, 9.17) is 0 Å². The average Bonchev–Trinajstić information content (AvgIpc) is 2.83. The molecule has 0 saturated carbocycles. The summed E-state index contributed by atoms with van der Waals surface area (Å²) < 4.78 is 0. The highest BCUT2D eigenvalue weighted by molar-refractivity contribution is 5.67. The second-order valence-electron chi connectivity index (χ2n) is 3.32. The van der Waals surface area contributed by atoms with E-state index < -0.39 is 0 Å². The molecule has 0 spiro atoms. The van der Waals surface area contributed by atoms with Crippen molar-refractivity contribution >= 4 is 12.2 Å². The Morgan fingerprint density at radius 3 is 2.88 bits per heavy atom. The predicted molar refractivity (Wildman–Crippen MR) is 61.1 cm³/mol. The number of hydrogen-bond donors (Lipinski definition) is 2. The van der Waals surface area contributed by atoms with Crippen molar-refractivity contribution in [3.63, 3.8) is 0 Å². The summed E-state index contributed by atoms with van der Waals surface area (Å²) in [7, 11) is 0. The van der Waals surface area contributed by atoms with Gasteiger partial charge in [-0.3, -0.25) is 0 Å². The second kappa shape index (κ2) is 5.01. The fourth-order valence-corrected chi connectivity index (χ4v) is 1.26. The molecule has 2 N–H and O–H groups in total. The van der Waals surface area contributed by atoms with E-state index in [9.17, 15) is 0 Å². The van der Waals surface area contributed by atoms with E-state index in [0.717, 1.165) is 0 Å². The number of rotatable bonds is 4. The molecular formula is C10H12N6. The SMILES string of the molecule is C[C@H](/C=N\Nc1nn[nH]n1)c1ccccc1. The maximum Gasteiger partial charge on any atom is 0.283 e. The van der Waals surface area contributed by atoms with E-state index in [1.165, 1.54) is 5.56 Å². The first-order valence-electron chi connectivity index (χ1n) is 4.94. The van der Waals surface area contributed by atoms with Crippen LogP contribution in [-0.2, 0) is 0 Å². The lowest BCUT2D eigenvalue weighted by atomic mass is 10.0. The molecule has 1 atom stereocenters. The number of benzene rings is 1. The van der Waals surface area contributed by atoms with Gasteiger partial charge in [0.2, 0.25) is 0 Å². The van der Waals surface area contributed by atoms with Gasteiger partial charge in [-0.1, -0.05) is 42.4 Å². The molecule has 0 aliphatic carbocycles. The van der Waals surface area contributed by atoms with Gasteiger partial charge in [-0.25, -0.2) is 5.43 Å². The first-order valence-corrected chi connectivity index (χ1v) is 4.94. The van der Waals surface area contributed by atoms with Gasteiger partial charge < -0.3 is 0 Å². The smallest absolute Gasteiger partial charge is 0.243 e. The minimum absolute atomic E-state index is 0.237. The normalized spacial score (nSPS) is 12.8. The molecule has 6 nitrogen and oxygen atoms in total. The Bertz CT molecular complexity index is 436. The Balaban J connectivity index is 1.92. The van der Waals surface area contributed by atoms with Crippen molar-refractivity contribution in [2.45, 2.75) is 12.8 Å². The number of nitrogens with one attached hydrogen (secondary N) is 2. The Morgan fingerprint density at radius 1 is 1.38 bits per heavy atom. The van der Waals surface area contributed by atoms with Gasteiger partial charge in [0.25, 0.3) is 5.95 Å². The lowest BCUT2D eigenvalue weighted by molar-refractivity contribution is 0.881. The molecule has 0 radical (unpaired) electrons. The average molecular weight is 216 g/mol. The van der Waals surface area contributed by atoms with E-state index in [1.807, 2.05) is 18.2 Å². The van der Waals surface area contributed by atoms with E-state index in [1.54, 1.807) is 6.21 Å². The third-order valence-corrected chi connectivity index (χ3v) is 2.13. The van der Waals surface area contributed by atoms with Gasteiger partial charge >= 0.3 is 0 Å². The zero-order chi connectivity index (χ0) is 11.2. The van der Waals surface area contributed by atoms with Crippen LogP contribution in [0.25, 0.3) is 0 Å². The van der Waals surface area contributed by atoms with Gasteiger partial charge in [-0.05, 0) is 10.8 Å². The van der Waals surface area contributed by atoms with Crippen LogP contribution in [0.3, 0.4) is 0 Å². The highest BCUT2D eigenvalue weighted by Gasteiger charge is 2.00. The number of aromatic nitrogens is 4. The first kappa shape index (κ1) is 10.3. The monoisotopic (exact) mass is 216 g/mol. The second-order valence-corrected chi connectivity index (χ2v) is 3.32. The summed E-state index contributed by atoms with van der Waals surface area (Å²) in [6.45, 7) is 2.07. The molecule has 1 heterocycles. The number of tetrazole rings is 1. The minimum Gasteiger partial charge on any atom is -0.243 e. The minimum atomic E-state index is 0.237. The van der Waals surface area contributed by atoms with Crippen molar-refractivity contribution in [3.8, 4) is 0 Å². The Hall–Kier alpha value is -2.24. The molecule has 1 aromatic carbocycles. The number of H-pyrrole nitrogens is 1. The fraction of sp³-hybridized carbons (Fsp3) is 0.200. The third-order valence-electron chi connectivity index (χ3n) is 2.13. The molecule has 0 unspecified atom stereocenters. The number of hydrogen-bond acceptors (Lipinski definition) is 5. The van der Waals surface area contributed by atoms with Crippen molar-refractivity contribution < 1.29 is 0 Å². The lowest BCUT2D eigenvalue weighted by Gasteiger charge is -2.04. The predicted octanol–water partition coefficient (Wildman–Crippen LogP) is 1.40. The summed E-state index contributed by atoms with van der Waals surface area (Å²) in [5, 5.41) is 17.2.